The van der Waals surface area contributed by atoms with Crippen LogP contribution >= 0.6 is 0 Å². The molecule has 0 atom stereocenters. The van der Waals surface area contributed by atoms with E-state index in [1.54, 1.807) is 23.0 Å². The Balaban J connectivity index is 2.31. The molecule has 3 aromatic rings. The van der Waals surface area contributed by atoms with Gasteiger partial charge in [0, 0.05) is 24.2 Å². The molecular weight excluding hydrogens is 212 g/mol. The van der Waals surface area contributed by atoms with Crippen LogP contribution in [0, 0.1) is 11.3 Å². The van der Waals surface area contributed by atoms with E-state index in [9.17, 15) is 0 Å². The molecule has 0 saturated carbocycles. The van der Waals surface area contributed by atoms with Gasteiger partial charge in [0.05, 0.1) is 11.3 Å². The first-order chi connectivity index (χ1) is 8.38. The molecule has 2 aromatic heterocycles. The molecule has 0 N–H and O–H groups in total. The number of rotatable bonds is 1. The molecule has 2 heterocycles. The summed E-state index contributed by atoms with van der Waals surface area (Å²) in [5.74, 6) is 0.600. The van der Waals surface area contributed by atoms with Crippen molar-refractivity contribution in [2.45, 2.75) is 0 Å². The molecule has 80 valence electrons. The van der Waals surface area contributed by atoms with Crippen LogP contribution in [0.4, 0.5) is 0 Å². The fourth-order valence-electron chi connectivity index (χ4n) is 1.75. The Hall–Kier alpha value is -2.67. The van der Waals surface area contributed by atoms with Crippen LogP contribution in [0.15, 0.2) is 48.9 Å². The SMILES string of the molecule is N#Cc1cn2ccnc2nc1-c1ccccc1. The number of nitriles is 1. The molecule has 0 amide bonds. The van der Waals surface area contributed by atoms with Gasteiger partial charge in [0.25, 0.3) is 0 Å². The molecule has 0 bridgehead atoms. The number of benzene rings is 1. The molecule has 17 heavy (non-hydrogen) atoms. The van der Waals surface area contributed by atoms with Gasteiger partial charge in [-0.25, -0.2) is 9.97 Å². The number of hydrogen-bond donors (Lipinski definition) is 0. The van der Waals surface area contributed by atoms with Gasteiger partial charge in [0.1, 0.15) is 6.07 Å². The summed E-state index contributed by atoms with van der Waals surface area (Å²) in [6, 6.07) is 11.8. The Morgan fingerprint density at radius 3 is 2.76 bits per heavy atom. The maximum atomic E-state index is 9.15. The van der Waals surface area contributed by atoms with Crippen molar-refractivity contribution in [3.05, 3.63) is 54.5 Å². The number of fused-ring (bicyclic) bond motifs is 1. The van der Waals surface area contributed by atoms with Gasteiger partial charge >= 0.3 is 0 Å². The van der Waals surface area contributed by atoms with Gasteiger partial charge in [-0.2, -0.15) is 5.26 Å². The number of aromatic nitrogens is 3. The number of imidazole rings is 1. The van der Waals surface area contributed by atoms with Gasteiger partial charge in [0.15, 0.2) is 0 Å². The van der Waals surface area contributed by atoms with E-state index in [4.69, 9.17) is 5.26 Å². The molecular formula is C13H8N4. The Morgan fingerprint density at radius 1 is 1.18 bits per heavy atom. The predicted octanol–water partition coefficient (Wildman–Crippen LogP) is 2.27. The quantitative estimate of drug-likeness (QED) is 0.632. The molecule has 4 nitrogen and oxygen atoms in total. The summed E-state index contributed by atoms with van der Waals surface area (Å²) < 4.78 is 1.74. The van der Waals surface area contributed by atoms with Crippen molar-refractivity contribution in [1.29, 1.82) is 5.26 Å². The minimum Gasteiger partial charge on any atom is -0.290 e. The third-order valence-electron chi connectivity index (χ3n) is 2.55. The summed E-state index contributed by atoms with van der Waals surface area (Å²) in [7, 11) is 0. The lowest BCUT2D eigenvalue weighted by molar-refractivity contribution is 1.10. The van der Waals surface area contributed by atoms with Gasteiger partial charge < -0.3 is 0 Å². The van der Waals surface area contributed by atoms with Crippen LogP contribution in [-0.2, 0) is 0 Å². The van der Waals surface area contributed by atoms with E-state index in [1.165, 1.54) is 0 Å². The largest absolute Gasteiger partial charge is 0.290 e. The monoisotopic (exact) mass is 220 g/mol. The Bertz CT molecular complexity index is 707. The molecule has 3 rings (SSSR count). The summed E-state index contributed by atoms with van der Waals surface area (Å²) in [4.78, 5) is 8.53. The summed E-state index contributed by atoms with van der Waals surface area (Å²) in [5.41, 5.74) is 2.14. The van der Waals surface area contributed by atoms with E-state index in [0.717, 1.165) is 5.56 Å². The lowest BCUT2D eigenvalue weighted by Crippen LogP contribution is -1.95. The average molecular weight is 220 g/mol. The molecule has 1 aromatic carbocycles. The van der Waals surface area contributed by atoms with Crippen molar-refractivity contribution >= 4 is 5.78 Å². The normalized spacial score (nSPS) is 10.3. The highest BCUT2D eigenvalue weighted by atomic mass is 15.1. The predicted molar refractivity (Wildman–Crippen MR) is 63.1 cm³/mol. The summed E-state index contributed by atoms with van der Waals surface area (Å²) in [6.07, 6.45) is 5.19. The second-order valence-electron chi connectivity index (χ2n) is 3.62. The highest BCUT2D eigenvalue weighted by molar-refractivity contribution is 5.67. The lowest BCUT2D eigenvalue weighted by Gasteiger charge is -2.03. The second kappa shape index (κ2) is 3.72. The Labute approximate surface area is 97.8 Å². The fourth-order valence-corrected chi connectivity index (χ4v) is 1.75. The van der Waals surface area contributed by atoms with Crippen molar-refractivity contribution in [3.8, 4) is 17.3 Å². The zero-order valence-electron chi connectivity index (χ0n) is 8.91. The van der Waals surface area contributed by atoms with Gasteiger partial charge in [-0.3, -0.25) is 4.40 Å². The zero-order chi connectivity index (χ0) is 11.7. The first kappa shape index (κ1) is 9.55. The van der Waals surface area contributed by atoms with E-state index in [0.29, 0.717) is 17.0 Å². The minimum atomic E-state index is 0.543. The Kier molecular flexibility index (Phi) is 2.09. The lowest BCUT2D eigenvalue weighted by atomic mass is 10.1. The molecule has 0 unspecified atom stereocenters. The molecule has 0 aliphatic rings. The second-order valence-corrected chi connectivity index (χ2v) is 3.62. The third kappa shape index (κ3) is 1.54. The topological polar surface area (TPSA) is 54.0 Å². The highest BCUT2D eigenvalue weighted by Gasteiger charge is 2.08. The standard InChI is InChI=1S/C13H8N4/c14-8-11-9-17-7-6-15-13(17)16-12(11)10-4-2-1-3-5-10/h1-7,9H. The van der Waals surface area contributed by atoms with Crippen LogP contribution in [-0.4, -0.2) is 14.4 Å². The minimum absolute atomic E-state index is 0.543. The average Bonchev–Trinajstić information content (AvgIpc) is 2.85. The summed E-state index contributed by atoms with van der Waals surface area (Å²) in [6.45, 7) is 0. The van der Waals surface area contributed by atoms with Crippen molar-refractivity contribution in [3.63, 3.8) is 0 Å². The zero-order valence-corrected chi connectivity index (χ0v) is 8.91. The molecule has 0 spiro atoms. The Morgan fingerprint density at radius 2 is 2.00 bits per heavy atom. The summed E-state index contributed by atoms with van der Waals surface area (Å²) in [5, 5.41) is 9.15. The van der Waals surface area contributed by atoms with Gasteiger partial charge in [0.2, 0.25) is 5.78 Å². The van der Waals surface area contributed by atoms with E-state index in [-0.39, 0.29) is 0 Å². The van der Waals surface area contributed by atoms with Gasteiger partial charge in [-0.1, -0.05) is 30.3 Å². The highest BCUT2D eigenvalue weighted by Crippen LogP contribution is 2.21. The van der Waals surface area contributed by atoms with Crippen LogP contribution in [0.2, 0.25) is 0 Å². The van der Waals surface area contributed by atoms with Crippen molar-refractivity contribution in [2.75, 3.05) is 0 Å². The van der Waals surface area contributed by atoms with Gasteiger partial charge in [-0.05, 0) is 0 Å². The fraction of sp³-hybridized carbons (Fsp3) is 0. The third-order valence-corrected chi connectivity index (χ3v) is 2.55. The van der Waals surface area contributed by atoms with Crippen LogP contribution in [0.1, 0.15) is 5.56 Å². The molecule has 0 aliphatic heterocycles. The van der Waals surface area contributed by atoms with Crippen LogP contribution in [0.5, 0.6) is 0 Å². The molecule has 0 aliphatic carbocycles. The van der Waals surface area contributed by atoms with E-state index in [2.05, 4.69) is 16.0 Å². The molecule has 0 fully saturated rings. The first-order valence-corrected chi connectivity index (χ1v) is 5.18. The maximum Gasteiger partial charge on any atom is 0.234 e. The van der Waals surface area contributed by atoms with Crippen molar-refractivity contribution in [2.24, 2.45) is 0 Å². The van der Waals surface area contributed by atoms with Gasteiger partial charge in [-0.15, -0.1) is 0 Å². The molecule has 4 heteroatoms. The van der Waals surface area contributed by atoms with Crippen molar-refractivity contribution < 1.29 is 0 Å². The van der Waals surface area contributed by atoms with Crippen LogP contribution < -0.4 is 0 Å². The molecule has 0 radical (unpaired) electrons. The van der Waals surface area contributed by atoms with E-state index >= 15 is 0 Å². The van der Waals surface area contributed by atoms with E-state index in [1.807, 2.05) is 30.3 Å². The number of nitrogens with zero attached hydrogens (tertiary/aromatic N) is 4. The van der Waals surface area contributed by atoms with Crippen molar-refractivity contribution in [1.82, 2.24) is 14.4 Å². The number of hydrogen-bond acceptors (Lipinski definition) is 3. The van der Waals surface area contributed by atoms with Crippen LogP contribution in [0.25, 0.3) is 17.0 Å². The maximum absolute atomic E-state index is 9.15. The summed E-state index contributed by atoms with van der Waals surface area (Å²) >= 11 is 0. The smallest absolute Gasteiger partial charge is 0.234 e. The first-order valence-electron chi connectivity index (χ1n) is 5.18. The van der Waals surface area contributed by atoms with Crippen LogP contribution in [0.3, 0.4) is 0 Å². The molecule has 0 saturated heterocycles. The van der Waals surface area contributed by atoms with E-state index < -0.39 is 0 Å².